The maximum absolute atomic E-state index is 11.7. The van der Waals surface area contributed by atoms with Gasteiger partial charge in [0.05, 0.1) is 0 Å². The molecule has 1 atom stereocenters. The SMILES string of the molecule is Cc1ccc(NC(=O)NC[C@H]2CCCNC2)cc1. The number of nitrogens with one attached hydrogen (secondary N) is 3. The maximum Gasteiger partial charge on any atom is 0.319 e. The lowest BCUT2D eigenvalue weighted by Crippen LogP contribution is -2.39. The molecule has 0 aliphatic carbocycles. The first-order valence-electron chi connectivity index (χ1n) is 6.56. The molecule has 0 saturated carbocycles. The first-order chi connectivity index (χ1) is 8.74. The zero-order valence-electron chi connectivity index (χ0n) is 10.8. The number of carbonyl (C=O) groups is 1. The van der Waals surface area contributed by atoms with E-state index >= 15 is 0 Å². The average Bonchev–Trinajstić information content (AvgIpc) is 2.40. The molecular formula is C14H21N3O. The Morgan fingerprint density at radius 3 is 2.83 bits per heavy atom. The standard InChI is InChI=1S/C14H21N3O/c1-11-4-6-13(7-5-11)17-14(18)16-10-12-3-2-8-15-9-12/h4-7,12,15H,2-3,8-10H2,1H3,(H2,16,17,18)/t12-/m0/s1. The van der Waals surface area contributed by atoms with Crippen molar-refractivity contribution < 1.29 is 4.79 Å². The largest absolute Gasteiger partial charge is 0.338 e. The van der Waals surface area contributed by atoms with E-state index in [9.17, 15) is 4.79 Å². The third-order valence-corrected chi connectivity index (χ3v) is 3.26. The van der Waals surface area contributed by atoms with E-state index in [4.69, 9.17) is 0 Å². The van der Waals surface area contributed by atoms with Gasteiger partial charge in [0.1, 0.15) is 0 Å². The second kappa shape index (κ2) is 6.40. The molecule has 0 radical (unpaired) electrons. The summed E-state index contributed by atoms with van der Waals surface area (Å²) in [7, 11) is 0. The summed E-state index contributed by atoms with van der Waals surface area (Å²) >= 11 is 0. The topological polar surface area (TPSA) is 53.2 Å². The van der Waals surface area contributed by atoms with E-state index in [2.05, 4.69) is 16.0 Å². The van der Waals surface area contributed by atoms with E-state index in [0.717, 1.165) is 25.3 Å². The number of amides is 2. The van der Waals surface area contributed by atoms with Crippen LogP contribution in [0.3, 0.4) is 0 Å². The molecule has 0 bridgehead atoms. The Bertz CT molecular complexity index is 383. The van der Waals surface area contributed by atoms with Gasteiger partial charge in [-0.1, -0.05) is 17.7 Å². The summed E-state index contributed by atoms with van der Waals surface area (Å²) in [5.41, 5.74) is 2.02. The van der Waals surface area contributed by atoms with Crippen LogP contribution in [0.2, 0.25) is 0 Å². The molecule has 1 aliphatic heterocycles. The monoisotopic (exact) mass is 247 g/mol. The van der Waals surface area contributed by atoms with Gasteiger partial charge in [-0.25, -0.2) is 4.79 Å². The smallest absolute Gasteiger partial charge is 0.319 e. The molecule has 4 heteroatoms. The lowest BCUT2D eigenvalue weighted by molar-refractivity contribution is 0.248. The predicted octanol–water partition coefficient (Wildman–Crippen LogP) is 2.12. The van der Waals surface area contributed by atoms with Gasteiger partial charge < -0.3 is 16.0 Å². The van der Waals surface area contributed by atoms with Crippen molar-refractivity contribution in [1.29, 1.82) is 0 Å². The Labute approximate surface area is 108 Å². The van der Waals surface area contributed by atoms with Crippen molar-refractivity contribution in [3.63, 3.8) is 0 Å². The van der Waals surface area contributed by atoms with Crippen LogP contribution in [0.1, 0.15) is 18.4 Å². The summed E-state index contributed by atoms with van der Waals surface area (Å²) in [4.78, 5) is 11.7. The molecule has 1 saturated heterocycles. The Morgan fingerprint density at radius 1 is 1.39 bits per heavy atom. The van der Waals surface area contributed by atoms with Gasteiger partial charge >= 0.3 is 6.03 Å². The van der Waals surface area contributed by atoms with Crippen LogP contribution in [0.15, 0.2) is 24.3 Å². The minimum Gasteiger partial charge on any atom is -0.338 e. The zero-order valence-corrected chi connectivity index (χ0v) is 10.8. The number of benzene rings is 1. The van der Waals surface area contributed by atoms with E-state index in [0.29, 0.717) is 5.92 Å². The molecule has 1 heterocycles. The van der Waals surface area contributed by atoms with E-state index < -0.39 is 0 Å². The van der Waals surface area contributed by atoms with E-state index in [1.54, 1.807) is 0 Å². The first-order valence-corrected chi connectivity index (χ1v) is 6.56. The summed E-state index contributed by atoms with van der Waals surface area (Å²) < 4.78 is 0. The van der Waals surface area contributed by atoms with Gasteiger partial charge in [-0.15, -0.1) is 0 Å². The van der Waals surface area contributed by atoms with Gasteiger partial charge in [-0.3, -0.25) is 0 Å². The van der Waals surface area contributed by atoms with Crippen LogP contribution in [-0.4, -0.2) is 25.7 Å². The van der Waals surface area contributed by atoms with E-state index in [1.807, 2.05) is 31.2 Å². The first kappa shape index (κ1) is 12.9. The number of piperidine rings is 1. The van der Waals surface area contributed by atoms with Crippen LogP contribution in [-0.2, 0) is 0 Å². The van der Waals surface area contributed by atoms with Gasteiger partial charge in [0, 0.05) is 12.2 Å². The third-order valence-electron chi connectivity index (χ3n) is 3.26. The molecule has 3 N–H and O–H groups in total. The molecule has 1 aromatic rings. The van der Waals surface area contributed by atoms with Gasteiger partial charge in [0.2, 0.25) is 0 Å². The highest BCUT2D eigenvalue weighted by Crippen LogP contribution is 2.10. The maximum atomic E-state index is 11.7. The Hall–Kier alpha value is -1.55. The lowest BCUT2D eigenvalue weighted by Gasteiger charge is -2.22. The second-order valence-corrected chi connectivity index (χ2v) is 4.91. The normalized spacial score (nSPS) is 19.3. The van der Waals surface area contributed by atoms with Crippen molar-refractivity contribution in [3.8, 4) is 0 Å². The van der Waals surface area contributed by atoms with Crippen molar-refractivity contribution >= 4 is 11.7 Å². The molecule has 0 spiro atoms. The van der Waals surface area contributed by atoms with Crippen molar-refractivity contribution in [3.05, 3.63) is 29.8 Å². The number of urea groups is 1. The fraction of sp³-hybridized carbons (Fsp3) is 0.500. The Morgan fingerprint density at radius 2 is 2.17 bits per heavy atom. The highest BCUT2D eigenvalue weighted by Gasteiger charge is 2.13. The van der Waals surface area contributed by atoms with Crippen molar-refractivity contribution in [1.82, 2.24) is 10.6 Å². The average molecular weight is 247 g/mol. The molecule has 0 aromatic heterocycles. The van der Waals surface area contributed by atoms with Gasteiger partial charge in [0.15, 0.2) is 0 Å². The van der Waals surface area contributed by atoms with Crippen molar-refractivity contribution in [2.24, 2.45) is 5.92 Å². The highest BCUT2D eigenvalue weighted by atomic mass is 16.2. The molecule has 1 aromatic carbocycles. The van der Waals surface area contributed by atoms with Crippen molar-refractivity contribution in [2.75, 3.05) is 25.0 Å². The fourth-order valence-corrected chi connectivity index (χ4v) is 2.15. The van der Waals surface area contributed by atoms with Gasteiger partial charge in [-0.05, 0) is 50.9 Å². The molecule has 1 aliphatic rings. The summed E-state index contributed by atoms with van der Waals surface area (Å²) in [6.07, 6.45) is 2.39. The van der Waals surface area contributed by atoms with Crippen molar-refractivity contribution in [2.45, 2.75) is 19.8 Å². The van der Waals surface area contributed by atoms with Crippen LogP contribution in [0.25, 0.3) is 0 Å². The third kappa shape index (κ3) is 4.04. The summed E-state index contributed by atoms with van der Waals surface area (Å²) in [5, 5.41) is 9.11. The number of anilines is 1. The van der Waals surface area contributed by atoms with Gasteiger partial charge in [0.25, 0.3) is 0 Å². The molecule has 18 heavy (non-hydrogen) atoms. The molecule has 98 valence electrons. The number of rotatable bonds is 3. The lowest BCUT2D eigenvalue weighted by atomic mass is 10.00. The predicted molar refractivity (Wildman–Crippen MR) is 73.8 cm³/mol. The summed E-state index contributed by atoms with van der Waals surface area (Å²) in [6, 6.07) is 7.68. The number of aryl methyl sites for hydroxylation is 1. The quantitative estimate of drug-likeness (QED) is 0.766. The van der Waals surface area contributed by atoms with Crippen LogP contribution >= 0.6 is 0 Å². The molecule has 1 fully saturated rings. The number of hydrogen-bond acceptors (Lipinski definition) is 2. The fourth-order valence-electron chi connectivity index (χ4n) is 2.15. The zero-order chi connectivity index (χ0) is 12.8. The second-order valence-electron chi connectivity index (χ2n) is 4.91. The molecular weight excluding hydrogens is 226 g/mol. The van der Waals surface area contributed by atoms with E-state index in [-0.39, 0.29) is 6.03 Å². The minimum absolute atomic E-state index is 0.121. The Kier molecular flexibility index (Phi) is 4.59. The molecule has 0 unspecified atom stereocenters. The molecule has 2 rings (SSSR count). The van der Waals surface area contributed by atoms with E-state index in [1.165, 1.54) is 18.4 Å². The molecule has 2 amide bonds. The minimum atomic E-state index is -0.121. The van der Waals surface area contributed by atoms with Gasteiger partial charge in [-0.2, -0.15) is 0 Å². The molecule has 4 nitrogen and oxygen atoms in total. The Balaban J connectivity index is 1.73. The summed E-state index contributed by atoms with van der Waals surface area (Å²) in [5.74, 6) is 0.558. The van der Waals surface area contributed by atoms with Crippen LogP contribution < -0.4 is 16.0 Å². The van der Waals surface area contributed by atoms with Crippen LogP contribution in [0.4, 0.5) is 10.5 Å². The van der Waals surface area contributed by atoms with Crippen LogP contribution in [0, 0.1) is 12.8 Å². The summed E-state index contributed by atoms with van der Waals surface area (Å²) in [6.45, 7) is 4.88. The van der Waals surface area contributed by atoms with Crippen LogP contribution in [0.5, 0.6) is 0 Å². The highest BCUT2D eigenvalue weighted by molar-refractivity contribution is 5.89. The number of carbonyl (C=O) groups excluding carboxylic acids is 1. The number of hydrogen-bond donors (Lipinski definition) is 3.